The summed E-state index contributed by atoms with van der Waals surface area (Å²) in [5.74, 6) is 0. The lowest BCUT2D eigenvalue weighted by atomic mass is 10.1. The third-order valence-corrected chi connectivity index (χ3v) is 3.70. The van der Waals surface area contributed by atoms with Crippen molar-refractivity contribution in [1.29, 1.82) is 0 Å². The Labute approximate surface area is 109 Å². The highest BCUT2D eigenvalue weighted by atomic mass is 32.1. The topological polar surface area (TPSA) is 50.7 Å². The fourth-order valence-corrected chi connectivity index (χ4v) is 2.49. The van der Waals surface area contributed by atoms with Gasteiger partial charge in [-0.1, -0.05) is 17.4 Å². The molecular formula is C13H12N4S. The molecule has 2 aromatic heterocycles. The standard InChI is InChI=1S/C13H12N4S/c1-8-3-4-9-7-10(5-6-11(9)15-8)12-16-17-13(14-2)18-12/h3-7H,1-2H3,(H,14,17). The highest BCUT2D eigenvalue weighted by molar-refractivity contribution is 7.18. The summed E-state index contributed by atoms with van der Waals surface area (Å²) in [4.78, 5) is 4.49. The van der Waals surface area contributed by atoms with Crippen LogP contribution in [0.4, 0.5) is 5.13 Å². The predicted octanol–water partition coefficient (Wildman–Crippen LogP) is 3.10. The number of anilines is 1. The van der Waals surface area contributed by atoms with Gasteiger partial charge in [0.1, 0.15) is 5.01 Å². The van der Waals surface area contributed by atoms with Crippen LogP contribution in [0.3, 0.4) is 0 Å². The van der Waals surface area contributed by atoms with E-state index in [2.05, 4.69) is 32.6 Å². The second-order valence-electron chi connectivity index (χ2n) is 4.02. The van der Waals surface area contributed by atoms with Gasteiger partial charge in [0.2, 0.25) is 5.13 Å². The van der Waals surface area contributed by atoms with Crippen LogP contribution in [0.25, 0.3) is 21.5 Å². The van der Waals surface area contributed by atoms with Crippen molar-refractivity contribution in [3.63, 3.8) is 0 Å². The van der Waals surface area contributed by atoms with Gasteiger partial charge in [-0.25, -0.2) is 0 Å². The third-order valence-electron chi connectivity index (χ3n) is 2.71. The second-order valence-corrected chi connectivity index (χ2v) is 5.00. The molecule has 0 fully saturated rings. The van der Waals surface area contributed by atoms with E-state index in [1.165, 1.54) is 0 Å². The fraction of sp³-hybridized carbons (Fsp3) is 0.154. The summed E-state index contributed by atoms with van der Waals surface area (Å²) in [6, 6.07) is 10.3. The van der Waals surface area contributed by atoms with Crippen LogP contribution in [-0.2, 0) is 0 Å². The molecule has 0 aliphatic rings. The zero-order valence-corrected chi connectivity index (χ0v) is 11.0. The fourth-order valence-electron chi connectivity index (χ4n) is 1.80. The molecule has 0 unspecified atom stereocenters. The van der Waals surface area contributed by atoms with E-state index in [-0.39, 0.29) is 0 Å². The molecular weight excluding hydrogens is 244 g/mol. The first-order valence-electron chi connectivity index (χ1n) is 5.65. The number of nitrogens with zero attached hydrogens (tertiary/aromatic N) is 3. The number of benzene rings is 1. The third kappa shape index (κ3) is 1.93. The number of rotatable bonds is 2. The van der Waals surface area contributed by atoms with Crippen molar-refractivity contribution in [2.24, 2.45) is 0 Å². The van der Waals surface area contributed by atoms with Crippen LogP contribution in [0.5, 0.6) is 0 Å². The molecule has 0 radical (unpaired) electrons. The zero-order valence-electron chi connectivity index (χ0n) is 10.1. The van der Waals surface area contributed by atoms with Gasteiger partial charge in [0.25, 0.3) is 0 Å². The van der Waals surface area contributed by atoms with Crippen molar-refractivity contribution >= 4 is 27.4 Å². The molecule has 0 aliphatic heterocycles. The number of pyridine rings is 1. The summed E-state index contributed by atoms with van der Waals surface area (Å²) < 4.78 is 0. The summed E-state index contributed by atoms with van der Waals surface area (Å²) in [7, 11) is 1.84. The molecule has 5 heteroatoms. The van der Waals surface area contributed by atoms with Gasteiger partial charge in [-0.05, 0) is 31.2 Å². The lowest BCUT2D eigenvalue weighted by Crippen LogP contribution is -1.85. The van der Waals surface area contributed by atoms with Gasteiger partial charge in [0.05, 0.1) is 5.52 Å². The Morgan fingerprint density at radius 3 is 2.78 bits per heavy atom. The molecule has 4 nitrogen and oxygen atoms in total. The lowest BCUT2D eigenvalue weighted by Gasteiger charge is -2.01. The van der Waals surface area contributed by atoms with Crippen LogP contribution in [0.2, 0.25) is 0 Å². The van der Waals surface area contributed by atoms with Crippen LogP contribution in [0.1, 0.15) is 5.69 Å². The van der Waals surface area contributed by atoms with Crippen LogP contribution < -0.4 is 5.32 Å². The summed E-state index contributed by atoms with van der Waals surface area (Å²) in [5.41, 5.74) is 3.12. The zero-order chi connectivity index (χ0) is 12.5. The molecule has 1 N–H and O–H groups in total. The molecule has 0 bridgehead atoms. The average molecular weight is 256 g/mol. The highest BCUT2D eigenvalue weighted by Crippen LogP contribution is 2.28. The van der Waals surface area contributed by atoms with Gasteiger partial charge in [-0.2, -0.15) is 0 Å². The van der Waals surface area contributed by atoms with Crippen molar-refractivity contribution in [3.05, 3.63) is 36.0 Å². The van der Waals surface area contributed by atoms with Gasteiger partial charge in [0.15, 0.2) is 0 Å². The van der Waals surface area contributed by atoms with Crippen molar-refractivity contribution in [3.8, 4) is 10.6 Å². The van der Waals surface area contributed by atoms with Gasteiger partial charge in [-0.15, -0.1) is 10.2 Å². The van der Waals surface area contributed by atoms with Gasteiger partial charge in [-0.3, -0.25) is 4.98 Å². The summed E-state index contributed by atoms with van der Waals surface area (Å²) in [6.45, 7) is 2.00. The van der Waals surface area contributed by atoms with E-state index < -0.39 is 0 Å². The molecule has 3 rings (SSSR count). The maximum atomic E-state index is 4.49. The first-order chi connectivity index (χ1) is 8.76. The number of hydrogen-bond acceptors (Lipinski definition) is 5. The maximum absolute atomic E-state index is 4.49. The molecule has 0 aliphatic carbocycles. The van der Waals surface area contributed by atoms with Crippen molar-refractivity contribution in [2.75, 3.05) is 12.4 Å². The van der Waals surface area contributed by atoms with Crippen molar-refractivity contribution in [1.82, 2.24) is 15.2 Å². The molecule has 3 aromatic rings. The average Bonchev–Trinajstić information content (AvgIpc) is 2.87. The highest BCUT2D eigenvalue weighted by Gasteiger charge is 2.06. The molecule has 0 amide bonds. The summed E-state index contributed by atoms with van der Waals surface area (Å²) in [6.07, 6.45) is 0. The Morgan fingerprint density at radius 2 is 2.00 bits per heavy atom. The van der Waals surface area contributed by atoms with Crippen LogP contribution in [-0.4, -0.2) is 22.2 Å². The van der Waals surface area contributed by atoms with E-state index in [1.807, 2.05) is 32.2 Å². The molecule has 18 heavy (non-hydrogen) atoms. The Hall–Kier alpha value is -2.01. The van der Waals surface area contributed by atoms with E-state index >= 15 is 0 Å². The second kappa shape index (κ2) is 4.34. The lowest BCUT2D eigenvalue weighted by molar-refractivity contribution is 1.09. The van der Waals surface area contributed by atoms with Crippen molar-refractivity contribution in [2.45, 2.75) is 6.92 Å². The Kier molecular flexibility index (Phi) is 2.68. The van der Waals surface area contributed by atoms with E-state index in [0.29, 0.717) is 0 Å². The van der Waals surface area contributed by atoms with E-state index in [1.54, 1.807) is 11.3 Å². The minimum Gasteiger partial charge on any atom is -0.363 e. The number of aromatic nitrogens is 3. The van der Waals surface area contributed by atoms with E-state index in [9.17, 15) is 0 Å². The van der Waals surface area contributed by atoms with Gasteiger partial charge >= 0.3 is 0 Å². The first kappa shape index (κ1) is 11.1. The Morgan fingerprint density at radius 1 is 1.11 bits per heavy atom. The SMILES string of the molecule is CNc1nnc(-c2ccc3nc(C)ccc3c2)s1. The van der Waals surface area contributed by atoms with E-state index in [4.69, 9.17) is 0 Å². The first-order valence-corrected chi connectivity index (χ1v) is 6.47. The normalized spacial score (nSPS) is 10.8. The molecule has 0 atom stereocenters. The van der Waals surface area contributed by atoms with Crippen molar-refractivity contribution < 1.29 is 0 Å². The monoisotopic (exact) mass is 256 g/mol. The molecule has 0 saturated carbocycles. The number of fused-ring (bicyclic) bond motifs is 1. The van der Waals surface area contributed by atoms with Gasteiger partial charge in [0, 0.05) is 23.7 Å². The number of nitrogens with one attached hydrogen (secondary N) is 1. The smallest absolute Gasteiger partial charge is 0.205 e. The summed E-state index contributed by atoms with van der Waals surface area (Å²) in [5, 5.41) is 14.1. The summed E-state index contributed by atoms with van der Waals surface area (Å²) >= 11 is 1.54. The molecule has 1 aromatic carbocycles. The molecule has 0 saturated heterocycles. The predicted molar refractivity (Wildman–Crippen MR) is 74.9 cm³/mol. The van der Waals surface area contributed by atoms with Crippen LogP contribution in [0.15, 0.2) is 30.3 Å². The molecule has 0 spiro atoms. The minimum absolute atomic E-state index is 0.826. The van der Waals surface area contributed by atoms with Gasteiger partial charge < -0.3 is 5.32 Å². The maximum Gasteiger partial charge on any atom is 0.205 e. The largest absolute Gasteiger partial charge is 0.363 e. The Bertz CT molecular complexity index is 705. The molecule has 90 valence electrons. The molecule has 2 heterocycles. The Balaban J connectivity index is 2.10. The number of hydrogen-bond donors (Lipinski definition) is 1. The van der Waals surface area contributed by atoms with Crippen LogP contribution >= 0.6 is 11.3 Å². The minimum atomic E-state index is 0.826. The van der Waals surface area contributed by atoms with E-state index in [0.717, 1.165) is 32.3 Å². The quantitative estimate of drug-likeness (QED) is 0.765. The number of aryl methyl sites for hydroxylation is 1. The van der Waals surface area contributed by atoms with Crippen LogP contribution in [0, 0.1) is 6.92 Å².